The third-order valence-corrected chi connectivity index (χ3v) is 3.66. The quantitative estimate of drug-likeness (QED) is 0.807. The Morgan fingerprint density at radius 1 is 1.33 bits per heavy atom. The predicted molar refractivity (Wildman–Crippen MR) is 84.8 cm³/mol. The van der Waals surface area contributed by atoms with E-state index in [0.29, 0.717) is 0 Å². The molecular formula is C17H28N2O2. The Balaban J connectivity index is 1.72. The summed E-state index contributed by atoms with van der Waals surface area (Å²) in [6, 6.07) is 4.07. The van der Waals surface area contributed by atoms with Crippen LogP contribution in [-0.4, -0.2) is 47.8 Å². The average molecular weight is 292 g/mol. The second kappa shape index (κ2) is 7.23. The minimum Gasteiger partial charge on any atom is -0.473 e. The van der Waals surface area contributed by atoms with Gasteiger partial charge in [0.1, 0.15) is 6.10 Å². The minimum atomic E-state index is -0.0550. The van der Waals surface area contributed by atoms with Crippen molar-refractivity contribution in [2.24, 2.45) is 0 Å². The zero-order chi connectivity index (χ0) is 15.3. The summed E-state index contributed by atoms with van der Waals surface area (Å²) in [5, 5.41) is 0. The van der Waals surface area contributed by atoms with Gasteiger partial charge < -0.3 is 9.47 Å². The summed E-state index contributed by atoms with van der Waals surface area (Å²) >= 11 is 0. The maximum absolute atomic E-state index is 5.96. The second-order valence-electron chi connectivity index (χ2n) is 6.65. The van der Waals surface area contributed by atoms with Crippen molar-refractivity contribution in [1.29, 1.82) is 0 Å². The Bertz CT molecular complexity index is 425. The van der Waals surface area contributed by atoms with Crippen LogP contribution >= 0.6 is 0 Å². The van der Waals surface area contributed by atoms with Crippen molar-refractivity contribution >= 4 is 0 Å². The lowest BCUT2D eigenvalue weighted by molar-refractivity contribution is -0.0116. The number of pyridine rings is 1. The van der Waals surface area contributed by atoms with E-state index in [4.69, 9.17) is 9.47 Å². The number of aryl methyl sites for hydroxylation is 1. The molecule has 0 spiro atoms. The normalized spacial score (nSPS) is 19.9. The standard InChI is InChI=1S/C17H28N2O2/c1-5-14-6-7-16(18-12-14)21-15-8-9-19(13-15)10-11-20-17(2,3)4/h6-7,12,15H,5,8-11,13H2,1-4H3. The van der Waals surface area contributed by atoms with Crippen molar-refractivity contribution in [3.63, 3.8) is 0 Å². The van der Waals surface area contributed by atoms with Crippen LogP contribution in [0.2, 0.25) is 0 Å². The van der Waals surface area contributed by atoms with Gasteiger partial charge in [0, 0.05) is 31.9 Å². The molecule has 0 saturated carbocycles. The number of aromatic nitrogens is 1. The van der Waals surface area contributed by atoms with Gasteiger partial charge in [-0.05, 0) is 39.2 Å². The molecule has 4 heteroatoms. The van der Waals surface area contributed by atoms with Gasteiger partial charge in [0.15, 0.2) is 0 Å². The Morgan fingerprint density at radius 2 is 2.14 bits per heavy atom. The fraction of sp³-hybridized carbons (Fsp3) is 0.706. The topological polar surface area (TPSA) is 34.6 Å². The highest BCUT2D eigenvalue weighted by molar-refractivity contribution is 5.18. The summed E-state index contributed by atoms with van der Waals surface area (Å²) in [5.41, 5.74) is 1.19. The molecule has 2 rings (SSSR count). The molecule has 1 fully saturated rings. The van der Waals surface area contributed by atoms with E-state index in [0.717, 1.165) is 45.0 Å². The zero-order valence-corrected chi connectivity index (χ0v) is 13.8. The molecular weight excluding hydrogens is 264 g/mol. The number of hydrogen-bond donors (Lipinski definition) is 0. The van der Waals surface area contributed by atoms with Crippen LogP contribution in [0, 0.1) is 0 Å². The molecule has 21 heavy (non-hydrogen) atoms. The van der Waals surface area contributed by atoms with Crippen LogP contribution in [0.5, 0.6) is 5.88 Å². The van der Waals surface area contributed by atoms with Crippen LogP contribution in [0.4, 0.5) is 0 Å². The van der Waals surface area contributed by atoms with E-state index >= 15 is 0 Å². The summed E-state index contributed by atoms with van der Waals surface area (Å²) in [6.45, 7) is 12.2. The highest BCUT2D eigenvalue weighted by Gasteiger charge is 2.24. The smallest absolute Gasteiger partial charge is 0.213 e. The lowest BCUT2D eigenvalue weighted by atomic mass is 10.2. The van der Waals surface area contributed by atoms with Gasteiger partial charge in [0.25, 0.3) is 0 Å². The average Bonchev–Trinajstić information content (AvgIpc) is 2.86. The Kier molecular flexibility index (Phi) is 5.59. The van der Waals surface area contributed by atoms with Crippen LogP contribution in [-0.2, 0) is 11.2 Å². The second-order valence-corrected chi connectivity index (χ2v) is 6.65. The Morgan fingerprint density at radius 3 is 2.76 bits per heavy atom. The molecule has 118 valence electrons. The van der Waals surface area contributed by atoms with Gasteiger partial charge in [-0.3, -0.25) is 4.90 Å². The van der Waals surface area contributed by atoms with Crippen molar-refractivity contribution in [2.45, 2.75) is 52.2 Å². The molecule has 0 aliphatic carbocycles. The molecule has 0 N–H and O–H groups in total. The number of nitrogens with zero attached hydrogens (tertiary/aromatic N) is 2. The SMILES string of the molecule is CCc1ccc(OC2CCN(CCOC(C)(C)C)C2)nc1. The molecule has 1 unspecified atom stereocenters. The molecule has 0 amide bonds. The largest absolute Gasteiger partial charge is 0.473 e. The summed E-state index contributed by atoms with van der Waals surface area (Å²) in [4.78, 5) is 6.77. The Labute approximate surface area is 128 Å². The van der Waals surface area contributed by atoms with Crippen LogP contribution in [0.15, 0.2) is 18.3 Å². The summed E-state index contributed by atoms with van der Waals surface area (Å²) in [7, 11) is 0. The molecule has 0 aromatic carbocycles. The van der Waals surface area contributed by atoms with E-state index < -0.39 is 0 Å². The number of hydrogen-bond acceptors (Lipinski definition) is 4. The van der Waals surface area contributed by atoms with Crippen LogP contribution < -0.4 is 4.74 Å². The molecule has 0 bridgehead atoms. The highest BCUT2D eigenvalue weighted by Crippen LogP contribution is 2.17. The lowest BCUT2D eigenvalue weighted by Crippen LogP contribution is -2.31. The first-order chi connectivity index (χ1) is 9.96. The number of rotatable bonds is 6. The summed E-state index contributed by atoms with van der Waals surface area (Å²) < 4.78 is 11.7. The molecule has 1 aliphatic heterocycles. The summed E-state index contributed by atoms with van der Waals surface area (Å²) in [5.74, 6) is 0.741. The van der Waals surface area contributed by atoms with Crippen molar-refractivity contribution < 1.29 is 9.47 Å². The molecule has 1 aromatic heterocycles. The fourth-order valence-electron chi connectivity index (χ4n) is 2.44. The zero-order valence-electron chi connectivity index (χ0n) is 13.8. The van der Waals surface area contributed by atoms with E-state index in [1.54, 1.807) is 0 Å². The lowest BCUT2D eigenvalue weighted by Gasteiger charge is -2.22. The van der Waals surface area contributed by atoms with Gasteiger partial charge in [-0.25, -0.2) is 4.98 Å². The van der Waals surface area contributed by atoms with Gasteiger partial charge in [-0.2, -0.15) is 0 Å². The van der Waals surface area contributed by atoms with E-state index in [9.17, 15) is 0 Å². The van der Waals surface area contributed by atoms with Gasteiger partial charge in [-0.15, -0.1) is 0 Å². The first kappa shape index (κ1) is 16.2. The number of likely N-dealkylation sites (tertiary alicyclic amines) is 1. The molecule has 1 atom stereocenters. The Hall–Kier alpha value is -1.13. The highest BCUT2D eigenvalue weighted by atomic mass is 16.5. The third-order valence-electron chi connectivity index (χ3n) is 3.66. The van der Waals surface area contributed by atoms with Gasteiger partial charge >= 0.3 is 0 Å². The van der Waals surface area contributed by atoms with Gasteiger partial charge in [0.2, 0.25) is 5.88 Å². The molecule has 1 aromatic rings. The van der Waals surface area contributed by atoms with Crippen molar-refractivity contribution in [3.05, 3.63) is 23.9 Å². The minimum absolute atomic E-state index is 0.0550. The van der Waals surface area contributed by atoms with E-state index in [2.05, 4.69) is 43.6 Å². The van der Waals surface area contributed by atoms with Gasteiger partial charge in [0.05, 0.1) is 12.2 Å². The van der Waals surface area contributed by atoms with Gasteiger partial charge in [-0.1, -0.05) is 13.0 Å². The van der Waals surface area contributed by atoms with Crippen molar-refractivity contribution in [1.82, 2.24) is 9.88 Å². The maximum atomic E-state index is 5.96. The maximum Gasteiger partial charge on any atom is 0.213 e. The van der Waals surface area contributed by atoms with Crippen LogP contribution in [0.25, 0.3) is 0 Å². The molecule has 1 aliphatic rings. The first-order valence-corrected chi connectivity index (χ1v) is 7.94. The predicted octanol–water partition coefficient (Wildman–Crippen LogP) is 2.91. The van der Waals surface area contributed by atoms with Crippen molar-refractivity contribution in [3.8, 4) is 5.88 Å². The molecule has 2 heterocycles. The third kappa shape index (κ3) is 5.64. The van der Waals surface area contributed by atoms with E-state index in [1.807, 2.05) is 12.3 Å². The summed E-state index contributed by atoms with van der Waals surface area (Å²) in [6.07, 6.45) is 4.23. The van der Waals surface area contributed by atoms with Crippen LogP contribution in [0.3, 0.4) is 0 Å². The molecule has 1 saturated heterocycles. The molecule has 4 nitrogen and oxygen atoms in total. The van der Waals surface area contributed by atoms with E-state index in [1.165, 1.54) is 5.56 Å². The monoisotopic (exact) mass is 292 g/mol. The number of ether oxygens (including phenoxy) is 2. The van der Waals surface area contributed by atoms with E-state index in [-0.39, 0.29) is 11.7 Å². The molecule has 0 radical (unpaired) electrons. The fourth-order valence-corrected chi connectivity index (χ4v) is 2.44. The van der Waals surface area contributed by atoms with Crippen molar-refractivity contribution in [2.75, 3.05) is 26.2 Å². The van der Waals surface area contributed by atoms with Crippen LogP contribution in [0.1, 0.15) is 39.7 Å². The first-order valence-electron chi connectivity index (χ1n) is 7.94.